The third kappa shape index (κ3) is 2.58. The van der Waals surface area contributed by atoms with E-state index in [0.717, 1.165) is 31.4 Å². The molecule has 1 fully saturated rings. The standard InChI is InChI=1S/C14H25N3O/c1-10(2)13-12(8-5-9-15)14(18)17(16-13)11-6-3-4-7-11/h10-12H,3-9,15H2,1-2H3. The minimum Gasteiger partial charge on any atom is -0.330 e. The van der Waals surface area contributed by atoms with Crippen LogP contribution in [-0.2, 0) is 4.79 Å². The lowest BCUT2D eigenvalue weighted by molar-refractivity contribution is -0.134. The topological polar surface area (TPSA) is 58.7 Å². The van der Waals surface area contributed by atoms with Gasteiger partial charge in [-0.05, 0) is 38.1 Å². The van der Waals surface area contributed by atoms with Crippen LogP contribution in [0.3, 0.4) is 0 Å². The molecule has 1 amide bonds. The van der Waals surface area contributed by atoms with Crippen molar-refractivity contribution in [3.63, 3.8) is 0 Å². The van der Waals surface area contributed by atoms with E-state index in [-0.39, 0.29) is 11.8 Å². The predicted molar refractivity (Wildman–Crippen MR) is 73.2 cm³/mol. The summed E-state index contributed by atoms with van der Waals surface area (Å²) >= 11 is 0. The highest BCUT2D eigenvalue weighted by Gasteiger charge is 2.40. The second kappa shape index (κ2) is 5.83. The molecule has 0 aromatic heterocycles. The number of nitrogens with zero attached hydrogens (tertiary/aromatic N) is 2. The lowest BCUT2D eigenvalue weighted by atomic mass is 9.90. The van der Waals surface area contributed by atoms with Crippen LogP contribution in [0.5, 0.6) is 0 Å². The van der Waals surface area contributed by atoms with Crippen LogP contribution in [0.15, 0.2) is 5.10 Å². The molecule has 0 aromatic carbocycles. The fourth-order valence-corrected chi connectivity index (χ4v) is 3.05. The fourth-order valence-electron chi connectivity index (χ4n) is 3.05. The molecule has 2 N–H and O–H groups in total. The monoisotopic (exact) mass is 251 g/mol. The van der Waals surface area contributed by atoms with Crippen LogP contribution >= 0.6 is 0 Å². The molecule has 1 heterocycles. The number of rotatable bonds is 5. The molecule has 0 saturated heterocycles. The van der Waals surface area contributed by atoms with Crippen molar-refractivity contribution in [2.75, 3.05) is 6.54 Å². The van der Waals surface area contributed by atoms with Gasteiger partial charge in [0.2, 0.25) is 0 Å². The molecule has 102 valence electrons. The molecule has 0 aromatic rings. The van der Waals surface area contributed by atoms with E-state index in [1.807, 2.05) is 0 Å². The third-order valence-corrected chi connectivity index (χ3v) is 4.06. The average Bonchev–Trinajstić information content (AvgIpc) is 2.94. The highest BCUT2D eigenvalue weighted by Crippen LogP contribution is 2.31. The molecule has 4 nitrogen and oxygen atoms in total. The van der Waals surface area contributed by atoms with Gasteiger partial charge in [0.05, 0.1) is 17.7 Å². The van der Waals surface area contributed by atoms with Gasteiger partial charge in [-0.3, -0.25) is 4.79 Å². The summed E-state index contributed by atoms with van der Waals surface area (Å²) in [6, 6.07) is 0.356. The van der Waals surface area contributed by atoms with E-state index in [1.54, 1.807) is 5.01 Å². The van der Waals surface area contributed by atoms with E-state index >= 15 is 0 Å². The summed E-state index contributed by atoms with van der Waals surface area (Å²) in [7, 11) is 0. The highest BCUT2D eigenvalue weighted by atomic mass is 16.2. The molecule has 0 spiro atoms. The normalized spacial score (nSPS) is 25.3. The molecule has 1 unspecified atom stereocenters. The molecule has 1 atom stereocenters. The summed E-state index contributed by atoms with van der Waals surface area (Å²) in [6.07, 6.45) is 6.45. The van der Waals surface area contributed by atoms with Crippen LogP contribution in [0.1, 0.15) is 52.4 Å². The summed E-state index contributed by atoms with van der Waals surface area (Å²) in [6.45, 7) is 4.90. The quantitative estimate of drug-likeness (QED) is 0.813. The van der Waals surface area contributed by atoms with Crippen molar-refractivity contribution in [2.24, 2.45) is 22.7 Å². The summed E-state index contributed by atoms with van der Waals surface area (Å²) in [5.41, 5.74) is 6.64. The lowest BCUT2D eigenvalue weighted by Crippen LogP contribution is -2.34. The summed E-state index contributed by atoms with van der Waals surface area (Å²) in [4.78, 5) is 12.5. The van der Waals surface area contributed by atoms with Gasteiger partial charge in [-0.15, -0.1) is 0 Å². The van der Waals surface area contributed by atoms with Crippen molar-refractivity contribution in [3.8, 4) is 0 Å². The number of hydrazone groups is 1. The van der Waals surface area contributed by atoms with E-state index in [2.05, 4.69) is 18.9 Å². The second-order valence-electron chi connectivity index (χ2n) is 5.78. The molecule has 2 rings (SSSR count). The van der Waals surface area contributed by atoms with Gasteiger partial charge in [0, 0.05) is 0 Å². The smallest absolute Gasteiger partial charge is 0.251 e. The minimum atomic E-state index is -0.00542. The molecular formula is C14H25N3O. The largest absolute Gasteiger partial charge is 0.330 e. The minimum absolute atomic E-state index is 0.00542. The zero-order valence-electron chi connectivity index (χ0n) is 11.6. The molecule has 0 radical (unpaired) electrons. The Morgan fingerprint density at radius 2 is 2.06 bits per heavy atom. The summed E-state index contributed by atoms with van der Waals surface area (Å²) in [5.74, 6) is 0.566. The van der Waals surface area contributed by atoms with Crippen molar-refractivity contribution in [3.05, 3.63) is 0 Å². The second-order valence-corrected chi connectivity index (χ2v) is 5.78. The maximum Gasteiger partial charge on any atom is 0.251 e. The third-order valence-electron chi connectivity index (χ3n) is 4.06. The first-order chi connectivity index (χ1) is 8.65. The molecule has 18 heavy (non-hydrogen) atoms. The first-order valence-corrected chi connectivity index (χ1v) is 7.26. The Kier molecular flexibility index (Phi) is 4.38. The summed E-state index contributed by atoms with van der Waals surface area (Å²) < 4.78 is 0. The highest BCUT2D eigenvalue weighted by molar-refractivity contribution is 6.08. The van der Waals surface area contributed by atoms with E-state index in [0.29, 0.717) is 18.5 Å². The van der Waals surface area contributed by atoms with Crippen molar-refractivity contribution in [1.29, 1.82) is 0 Å². The zero-order chi connectivity index (χ0) is 13.1. The van der Waals surface area contributed by atoms with Gasteiger partial charge < -0.3 is 5.73 Å². The van der Waals surface area contributed by atoms with Crippen LogP contribution in [0.2, 0.25) is 0 Å². The van der Waals surface area contributed by atoms with Crippen LogP contribution in [0.4, 0.5) is 0 Å². The van der Waals surface area contributed by atoms with Gasteiger partial charge in [0.15, 0.2) is 0 Å². The van der Waals surface area contributed by atoms with Gasteiger partial charge in [-0.25, -0.2) is 5.01 Å². The Morgan fingerprint density at radius 3 is 2.61 bits per heavy atom. The first-order valence-electron chi connectivity index (χ1n) is 7.26. The Hall–Kier alpha value is -0.900. The van der Waals surface area contributed by atoms with Crippen molar-refractivity contribution in [2.45, 2.75) is 58.4 Å². The fraction of sp³-hybridized carbons (Fsp3) is 0.857. The molecule has 4 heteroatoms. The number of nitrogens with two attached hydrogens (primary N) is 1. The average molecular weight is 251 g/mol. The lowest BCUT2D eigenvalue weighted by Gasteiger charge is -2.20. The number of carbonyl (C=O) groups is 1. The molecular weight excluding hydrogens is 226 g/mol. The van der Waals surface area contributed by atoms with Crippen LogP contribution in [0, 0.1) is 11.8 Å². The van der Waals surface area contributed by atoms with Gasteiger partial charge in [0.1, 0.15) is 0 Å². The van der Waals surface area contributed by atoms with E-state index in [1.165, 1.54) is 12.8 Å². The maximum atomic E-state index is 12.5. The van der Waals surface area contributed by atoms with Gasteiger partial charge in [-0.2, -0.15) is 5.10 Å². The zero-order valence-corrected chi connectivity index (χ0v) is 11.6. The number of hydrogen-bond acceptors (Lipinski definition) is 3. The number of hydrogen-bond donors (Lipinski definition) is 1. The summed E-state index contributed by atoms with van der Waals surface area (Å²) in [5, 5.41) is 6.44. The van der Waals surface area contributed by atoms with Crippen molar-refractivity contribution >= 4 is 11.6 Å². The Balaban J connectivity index is 2.11. The molecule has 1 aliphatic heterocycles. The predicted octanol–water partition coefficient (Wildman–Crippen LogP) is 2.14. The van der Waals surface area contributed by atoms with Crippen molar-refractivity contribution < 1.29 is 4.79 Å². The number of carbonyl (C=O) groups excluding carboxylic acids is 1. The molecule has 1 saturated carbocycles. The maximum absolute atomic E-state index is 12.5. The first kappa shape index (κ1) is 13.5. The van der Waals surface area contributed by atoms with E-state index < -0.39 is 0 Å². The Morgan fingerprint density at radius 1 is 1.39 bits per heavy atom. The van der Waals surface area contributed by atoms with Crippen LogP contribution in [-0.4, -0.2) is 29.2 Å². The Bertz CT molecular complexity index is 332. The molecule has 0 bridgehead atoms. The van der Waals surface area contributed by atoms with Gasteiger partial charge in [0.25, 0.3) is 5.91 Å². The SMILES string of the molecule is CC(C)C1=NN(C2CCCC2)C(=O)C1CCCN. The molecule has 1 aliphatic carbocycles. The van der Waals surface area contributed by atoms with Crippen molar-refractivity contribution in [1.82, 2.24) is 5.01 Å². The number of amides is 1. The molecule has 2 aliphatic rings. The van der Waals surface area contributed by atoms with Crippen LogP contribution < -0.4 is 5.73 Å². The van der Waals surface area contributed by atoms with Gasteiger partial charge >= 0.3 is 0 Å². The Labute approximate surface area is 110 Å². The van der Waals surface area contributed by atoms with E-state index in [9.17, 15) is 4.79 Å². The van der Waals surface area contributed by atoms with Crippen LogP contribution in [0.25, 0.3) is 0 Å². The van der Waals surface area contributed by atoms with E-state index in [4.69, 9.17) is 5.73 Å². The van der Waals surface area contributed by atoms with Gasteiger partial charge in [-0.1, -0.05) is 26.7 Å².